The Morgan fingerprint density at radius 1 is 1.42 bits per heavy atom. The van der Waals surface area contributed by atoms with Crippen molar-refractivity contribution in [2.75, 3.05) is 20.7 Å². The highest BCUT2D eigenvalue weighted by atomic mass is 16.5. The molecule has 4 heteroatoms. The van der Waals surface area contributed by atoms with Gasteiger partial charge in [0.2, 0.25) is 5.88 Å². The average molecular weight is 167 g/mol. The second-order valence-corrected chi connectivity index (χ2v) is 2.42. The molecule has 1 aromatic rings. The van der Waals surface area contributed by atoms with E-state index in [1.54, 1.807) is 7.11 Å². The van der Waals surface area contributed by atoms with E-state index in [2.05, 4.69) is 15.5 Å². The van der Waals surface area contributed by atoms with Gasteiger partial charge in [-0.15, -0.1) is 5.10 Å². The van der Waals surface area contributed by atoms with Crippen molar-refractivity contribution in [2.45, 2.75) is 6.42 Å². The standard InChI is InChI=1S/C8H13N3O/c1-9-6-5-7-3-4-8(12-2)11-10-7/h3-4,9H,5-6H2,1-2H3. The fraction of sp³-hybridized carbons (Fsp3) is 0.500. The van der Waals surface area contributed by atoms with Gasteiger partial charge in [0.05, 0.1) is 12.8 Å². The van der Waals surface area contributed by atoms with Crippen molar-refractivity contribution in [3.05, 3.63) is 17.8 Å². The summed E-state index contributed by atoms with van der Waals surface area (Å²) in [7, 11) is 3.49. The fourth-order valence-corrected chi connectivity index (χ4v) is 0.843. The lowest BCUT2D eigenvalue weighted by molar-refractivity contribution is 0.391. The van der Waals surface area contributed by atoms with Gasteiger partial charge in [0.15, 0.2) is 0 Å². The van der Waals surface area contributed by atoms with Crippen molar-refractivity contribution in [3.63, 3.8) is 0 Å². The molecule has 0 atom stereocenters. The first kappa shape index (κ1) is 8.93. The summed E-state index contributed by atoms with van der Waals surface area (Å²) in [6.07, 6.45) is 0.896. The first-order chi connectivity index (χ1) is 5.86. The van der Waals surface area contributed by atoms with E-state index in [1.165, 1.54) is 0 Å². The monoisotopic (exact) mass is 167 g/mol. The van der Waals surface area contributed by atoms with Crippen LogP contribution in [0.4, 0.5) is 0 Å². The van der Waals surface area contributed by atoms with Crippen molar-refractivity contribution >= 4 is 0 Å². The van der Waals surface area contributed by atoms with E-state index in [0.29, 0.717) is 5.88 Å². The second-order valence-electron chi connectivity index (χ2n) is 2.42. The molecule has 1 aromatic heterocycles. The summed E-state index contributed by atoms with van der Waals surface area (Å²) in [4.78, 5) is 0. The molecule has 0 aliphatic rings. The molecule has 0 spiro atoms. The largest absolute Gasteiger partial charge is 0.480 e. The molecule has 1 heterocycles. The number of nitrogens with zero attached hydrogens (tertiary/aromatic N) is 2. The Labute approximate surface area is 72.0 Å². The van der Waals surface area contributed by atoms with E-state index in [1.807, 2.05) is 19.2 Å². The van der Waals surface area contributed by atoms with E-state index < -0.39 is 0 Å². The molecular formula is C8H13N3O. The summed E-state index contributed by atoms with van der Waals surface area (Å²) in [6, 6.07) is 3.74. The van der Waals surface area contributed by atoms with Crippen LogP contribution in [0.1, 0.15) is 5.69 Å². The van der Waals surface area contributed by atoms with Gasteiger partial charge >= 0.3 is 0 Å². The number of hydrogen-bond donors (Lipinski definition) is 1. The summed E-state index contributed by atoms with van der Waals surface area (Å²) in [5, 5.41) is 10.9. The van der Waals surface area contributed by atoms with Gasteiger partial charge < -0.3 is 10.1 Å². The van der Waals surface area contributed by atoms with E-state index in [9.17, 15) is 0 Å². The maximum absolute atomic E-state index is 4.88. The molecule has 0 bridgehead atoms. The molecule has 0 aliphatic carbocycles. The molecule has 0 saturated carbocycles. The first-order valence-electron chi connectivity index (χ1n) is 3.88. The average Bonchev–Trinajstić information content (AvgIpc) is 2.15. The lowest BCUT2D eigenvalue weighted by Crippen LogP contribution is -2.11. The minimum absolute atomic E-state index is 0.559. The van der Waals surface area contributed by atoms with Gasteiger partial charge in [-0.1, -0.05) is 0 Å². The lowest BCUT2D eigenvalue weighted by atomic mass is 10.3. The number of likely N-dealkylation sites (N-methyl/N-ethyl adjacent to an activating group) is 1. The molecule has 0 unspecified atom stereocenters. The SMILES string of the molecule is CNCCc1ccc(OC)nn1. The van der Waals surface area contributed by atoms with Gasteiger partial charge in [-0.2, -0.15) is 5.10 Å². The Balaban J connectivity index is 2.53. The van der Waals surface area contributed by atoms with E-state index in [4.69, 9.17) is 4.74 Å². The lowest BCUT2D eigenvalue weighted by Gasteiger charge is -1.99. The normalized spacial score (nSPS) is 9.83. The molecule has 1 rings (SSSR count). The molecule has 1 N–H and O–H groups in total. The van der Waals surface area contributed by atoms with Crippen molar-refractivity contribution in [1.82, 2.24) is 15.5 Å². The third-order valence-electron chi connectivity index (χ3n) is 1.54. The number of methoxy groups -OCH3 is 1. The highest BCUT2D eigenvalue weighted by molar-refractivity contribution is 5.11. The molecular weight excluding hydrogens is 154 g/mol. The Morgan fingerprint density at radius 2 is 2.25 bits per heavy atom. The van der Waals surface area contributed by atoms with Gasteiger partial charge in [-0.25, -0.2) is 0 Å². The number of nitrogens with one attached hydrogen (secondary N) is 1. The van der Waals surface area contributed by atoms with Gasteiger partial charge in [-0.3, -0.25) is 0 Å². The summed E-state index contributed by atoms with van der Waals surface area (Å²) in [5.74, 6) is 0.559. The maximum atomic E-state index is 4.88. The highest BCUT2D eigenvalue weighted by Crippen LogP contribution is 2.03. The van der Waals surface area contributed by atoms with E-state index in [-0.39, 0.29) is 0 Å². The minimum Gasteiger partial charge on any atom is -0.480 e. The van der Waals surface area contributed by atoms with Crippen LogP contribution in [0.3, 0.4) is 0 Å². The Bertz CT molecular complexity index is 222. The van der Waals surface area contributed by atoms with Gasteiger partial charge in [0.1, 0.15) is 0 Å². The highest BCUT2D eigenvalue weighted by Gasteiger charge is 1.95. The van der Waals surface area contributed by atoms with Crippen LogP contribution >= 0.6 is 0 Å². The molecule has 4 nitrogen and oxygen atoms in total. The van der Waals surface area contributed by atoms with Crippen LogP contribution in [0.15, 0.2) is 12.1 Å². The number of aromatic nitrogens is 2. The van der Waals surface area contributed by atoms with Crippen molar-refractivity contribution in [1.29, 1.82) is 0 Å². The molecule has 0 saturated heterocycles. The smallest absolute Gasteiger partial charge is 0.233 e. The molecule has 0 aromatic carbocycles. The summed E-state index contributed by atoms with van der Waals surface area (Å²) < 4.78 is 4.88. The predicted molar refractivity (Wildman–Crippen MR) is 46.2 cm³/mol. The van der Waals surface area contributed by atoms with Crippen molar-refractivity contribution in [3.8, 4) is 5.88 Å². The molecule has 0 aliphatic heterocycles. The van der Waals surface area contributed by atoms with Gasteiger partial charge in [-0.05, 0) is 13.1 Å². The van der Waals surface area contributed by atoms with Gasteiger partial charge in [0, 0.05) is 19.0 Å². The zero-order valence-electron chi connectivity index (χ0n) is 7.37. The van der Waals surface area contributed by atoms with Crippen LogP contribution in [-0.2, 0) is 6.42 Å². The zero-order valence-corrected chi connectivity index (χ0v) is 7.37. The molecule has 0 amide bonds. The van der Waals surface area contributed by atoms with Crippen molar-refractivity contribution < 1.29 is 4.74 Å². The summed E-state index contributed by atoms with van der Waals surface area (Å²) in [5.41, 5.74) is 0.977. The Kier molecular flexibility index (Phi) is 3.47. The fourth-order valence-electron chi connectivity index (χ4n) is 0.843. The van der Waals surface area contributed by atoms with Crippen LogP contribution in [0, 0.1) is 0 Å². The quantitative estimate of drug-likeness (QED) is 0.698. The third-order valence-corrected chi connectivity index (χ3v) is 1.54. The maximum Gasteiger partial charge on any atom is 0.233 e. The van der Waals surface area contributed by atoms with E-state index >= 15 is 0 Å². The predicted octanol–water partition coefficient (Wildman–Crippen LogP) is 0.247. The number of hydrogen-bond acceptors (Lipinski definition) is 4. The topological polar surface area (TPSA) is 47.0 Å². The molecule has 0 radical (unpaired) electrons. The second kappa shape index (κ2) is 4.66. The van der Waals surface area contributed by atoms with Crippen LogP contribution in [0.5, 0.6) is 5.88 Å². The Hall–Kier alpha value is -1.16. The summed E-state index contributed by atoms with van der Waals surface area (Å²) >= 11 is 0. The zero-order chi connectivity index (χ0) is 8.81. The number of rotatable bonds is 4. The van der Waals surface area contributed by atoms with Gasteiger partial charge in [0.25, 0.3) is 0 Å². The van der Waals surface area contributed by atoms with Crippen LogP contribution in [-0.4, -0.2) is 30.9 Å². The third kappa shape index (κ3) is 2.47. The van der Waals surface area contributed by atoms with Crippen LogP contribution in [0.2, 0.25) is 0 Å². The summed E-state index contributed by atoms with van der Waals surface area (Å²) in [6.45, 7) is 0.918. The van der Waals surface area contributed by atoms with E-state index in [0.717, 1.165) is 18.7 Å². The Morgan fingerprint density at radius 3 is 2.75 bits per heavy atom. The van der Waals surface area contributed by atoms with Crippen LogP contribution < -0.4 is 10.1 Å². The molecule has 0 fully saturated rings. The van der Waals surface area contributed by atoms with Crippen molar-refractivity contribution in [2.24, 2.45) is 0 Å². The molecule has 66 valence electrons. The first-order valence-corrected chi connectivity index (χ1v) is 3.88. The molecule has 12 heavy (non-hydrogen) atoms. The van der Waals surface area contributed by atoms with Crippen LogP contribution in [0.25, 0.3) is 0 Å². The minimum atomic E-state index is 0.559. The number of ether oxygens (including phenoxy) is 1.